The molecule has 2 aliphatic rings. The summed E-state index contributed by atoms with van der Waals surface area (Å²) in [5.41, 5.74) is 0. The third-order valence-electron chi connectivity index (χ3n) is 3.46. The maximum atomic E-state index is 11.2. The zero-order valence-corrected chi connectivity index (χ0v) is 11.9. The van der Waals surface area contributed by atoms with Crippen LogP contribution in [0.25, 0.3) is 0 Å². The highest BCUT2D eigenvalue weighted by Gasteiger charge is 2.28. The van der Waals surface area contributed by atoms with Crippen LogP contribution in [0.3, 0.4) is 0 Å². The van der Waals surface area contributed by atoms with Crippen molar-refractivity contribution >= 4 is 19.7 Å². The number of hydrogen-bond donors (Lipinski definition) is 2. The first-order valence-electron chi connectivity index (χ1n) is 6.24. The molecule has 0 aliphatic carbocycles. The van der Waals surface area contributed by atoms with E-state index in [1.807, 2.05) is 0 Å². The Morgan fingerprint density at radius 2 is 1.17 bits per heavy atom. The lowest BCUT2D eigenvalue weighted by Crippen LogP contribution is -2.39. The number of nitrogens with one attached hydrogen (secondary N) is 2. The first-order chi connectivity index (χ1) is 8.36. The molecule has 0 radical (unpaired) electrons. The first-order valence-corrected chi connectivity index (χ1v) is 9.88. The molecule has 2 N–H and O–H groups in total. The molecule has 6 nitrogen and oxygen atoms in total. The molecule has 0 aromatic heterocycles. The van der Waals surface area contributed by atoms with Gasteiger partial charge in [-0.05, 0) is 12.8 Å². The molecular formula is C10H20N2O4S2. The minimum atomic E-state index is -2.83. The number of rotatable bonds is 5. The molecule has 106 valence electrons. The van der Waals surface area contributed by atoms with Gasteiger partial charge in [-0.3, -0.25) is 0 Å². The minimum Gasteiger partial charge on any atom is -0.312 e. The average molecular weight is 296 g/mol. The van der Waals surface area contributed by atoms with E-state index >= 15 is 0 Å². The van der Waals surface area contributed by atoms with Crippen molar-refractivity contribution in [2.45, 2.75) is 24.9 Å². The largest absolute Gasteiger partial charge is 0.312 e. The molecule has 2 atom stereocenters. The fourth-order valence-corrected chi connectivity index (χ4v) is 5.88. The fraction of sp³-hybridized carbons (Fsp3) is 1.00. The molecular weight excluding hydrogens is 276 g/mol. The fourth-order valence-electron chi connectivity index (χ4n) is 2.46. The van der Waals surface area contributed by atoms with E-state index in [0.717, 1.165) is 0 Å². The highest BCUT2D eigenvalue weighted by molar-refractivity contribution is 7.91. The van der Waals surface area contributed by atoms with Crippen LogP contribution in [0.2, 0.25) is 0 Å². The average Bonchev–Trinajstić information content (AvgIpc) is 2.76. The monoisotopic (exact) mass is 296 g/mol. The van der Waals surface area contributed by atoms with E-state index in [-0.39, 0.29) is 35.1 Å². The highest BCUT2D eigenvalue weighted by Crippen LogP contribution is 2.12. The smallest absolute Gasteiger partial charge is 0.151 e. The van der Waals surface area contributed by atoms with Crippen molar-refractivity contribution in [2.75, 3.05) is 36.1 Å². The van der Waals surface area contributed by atoms with Crippen molar-refractivity contribution in [3.05, 3.63) is 0 Å². The Morgan fingerprint density at radius 3 is 1.44 bits per heavy atom. The first kappa shape index (κ1) is 14.2. The Bertz CT molecular complexity index is 440. The van der Waals surface area contributed by atoms with Gasteiger partial charge in [-0.1, -0.05) is 0 Å². The van der Waals surface area contributed by atoms with Gasteiger partial charge >= 0.3 is 0 Å². The summed E-state index contributed by atoms with van der Waals surface area (Å²) in [5, 5.41) is 6.38. The lowest BCUT2D eigenvalue weighted by molar-refractivity contribution is 0.499. The summed E-state index contributed by atoms with van der Waals surface area (Å²) >= 11 is 0. The minimum absolute atomic E-state index is 0.0594. The SMILES string of the molecule is O=S1(=O)CC[C@@H](NCCN[C@H]2CCS(=O)(=O)C2)C1. The molecule has 0 unspecified atom stereocenters. The van der Waals surface area contributed by atoms with Gasteiger partial charge in [0.15, 0.2) is 19.7 Å². The van der Waals surface area contributed by atoms with Crippen LogP contribution in [0.1, 0.15) is 12.8 Å². The summed E-state index contributed by atoms with van der Waals surface area (Å²) in [6.45, 7) is 1.35. The van der Waals surface area contributed by atoms with Crippen LogP contribution in [0.5, 0.6) is 0 Å². The Hall–Kier alpha value is -0.180. The van der Waals surface area contributed by atoms with Gasteiger partial charge in [0, 0.05) is 25.2 Å². The van der Waals surface area contributed by atoms with E-state index in [2.05, 4.69) is 10.6 Å². The molecule has 2 heterocycles. The van der Waals surface area contributed by atoms with Gasteiger partial charge in [0.05, 0.1) is 23.0 Å². The van der Waals surface area contributed by atoms with E-state index in [1.165, 1.54) is 0 Å². The molecule has 2 rings (SSSR count). The molecule has 0 saturated carbocycles. The van der Waals surface area contributed by atoms with Crippen LogP contribution in [0, 0.1) is 0 Å². The lowest BCUT2D eigenvalue weighted by atomic mass is 10.2. The van der Waals surface area contributed by atoms with Crippen LogP contribution in [-0.4, -0.2) is 65.0 Å². The second-order valence-corrected chi connectivity index (χ2v) is 9.57. The molecule has 0 bridgehead atoms. The third-order valence-corrected chi connectivity index (χ3v) is 6.99. The molecule has 0 aromatic carbocycles. The normalized spacial score (nSPS) is 33.8. The molecule has 18 heavy (non-hydrogen) atoms. The predicted molar refractivity (Wildman–Crippen MR) is 70.1 cm³/mol. The van der Waals surface area contributed by atoms with Crippen molar-refractivity contribution in [3.8, 4) is 0 Å². The zero-order chi connectivity index (χ0) is 13.2. The maximum absolute atomic E-state index is 11.2. The molecule has 0 spiro atoms. The van der Waals surface area contributed by atoms with E-state index in [4.69, 9.17) is 0 Å². The second kappa shape index (κ2) is 5.44. The van der Waals surface area contributed by atoms with Crippen LogP contribution < -0.4 is 10.6 Å². The van der Waals surface area contributed by atoms with E-state index in [1.54, 1.807) is 0 Å². The molecule has 0 aromatic rings. The van der Waals surface area contributed by atoms with Crippen molar-refractivity contribution in [1.29, 1.82) is 0 Å². The maximum Gasteiger partial charge on any atom is 0.151 e. The molecule has 8 heteroatoms. The molecule has 2 aliphatic heterocycles. The standard InChI is InChI=1S/C10H20N2O4S2/c13-17(14)5-1-9(7-17)11-3-4-12-10-2-6-18(15,16)8-10/h9-12H,1-8H2/t9-,10+. The number of sulfone groups is 2. The van der Waals surface area contributed by atoms with Gasteiger partial charge in [-0.2, -0.15) is 0 Å². The highest BCUT2D eigenvalue weighted by atomic mass is 32.2. The van der Waals surface area contributed by atoms with Gasteiger partial charge in [-0.15, -0.1) is 0 Å². The van der Waals surface area contributed by atoms with E-state index in [0.29, 0.717) is 25.9 Å². The lowest BCUT2D eigenvalue weighted by Gasteiger charge is -2.13. The van der Waals surface area contributed by atoms with Gasteiger partial charge in [0.25, 0.3) is 0 Å². The third kappa shape index (κ3) is 4.18. The second-order valence-electron chi connectivity index (χ2n) is 5.11. The van der Waals surface area contributed by atoms with Crippen LogP contribution in [0.15, 0.2) is 0 Å². The predicted octanol–water partition coefficient (Wildman–Crippen LogP) is -1.46. The summed E-state index contributed by atoms with van der Waals surface area (Å²) in [5.74, 6) is 1.01. The van der Waals surface area contributed by atoms with Crippen molar-refractivity contribution in [3.63, 3.8) is 0 Å². The van der Waals surface area contributed by atoms with Crippen LogP contribution in [0.4, 0.5) is 0 Å². The van der Waals surface area contributed by atoms with Gasteiger partial charge in [0.2, 0.25) is 0 Å². The summed E-state index contributed by atoms with van der Waals surface area (Å²) in [4.78, 5) is 0. The Balaban J connectivity index is 1.60. The van der Waals surface area contributed by atoms with Crippen LogP contribution >= 0.6 is 0 Å². The molecule has 0 amide bonds. The number of hydrogen-bond acceptors (Lipinski definition) is 6. The summed E-state index contributed by atoms with van der Waals surface area (Å²) < 4.78 is 44.9. The summed E-state index contributed by atoms with van der Waals surface area (Å²) in [6.07, 6.45) is 1.36. The van der Waals surface area contributed by atoms with Crippen molar-refractivity contribution in [1.82, 2.24) is 10.6 Å². The van der Waals surface area contributed by atoms with Gasteiger partial charge in [-0.25, -0.2) is 16.8 Å². The van der Waals surface area contributed by atoms with Crippen molar-refractivity contribution in [2.24, 2.45) is 0 Å². The Kier molecular flexibility index (Phi) is 4.30. The van der Waals surface area contributed by atoms with E-state index < -0.39 is 19.7 Å². The summed E-state index contributed by atoms with van der Waals surface area (Å²) in [6, 6.07) is 0.119. The molecule has 2 saturated heterocycles. The van der Waals surface area contributed by atoms with Crippen molar-refractivity contribution < 1.29 is 16.8 Å². The molecule has 2 fully saturated rings. The van der Waals surface area contributed by atoms with Gasteiger partial charge in [0.1, 0.15) is 0 Å². The van der Waals surface area contributed by atoms with Gasteiger partial charge < -0.3 is 10.6 Å². The quantitative estimate of drug-likeness (QED) is 0.602. The van der Waals surface area contributed by atoms with Crippen LogP contribution in [-0.2, 0) is 19.7 Å². The zero-order valence-electron chi connectivity index (χ0n) is 10.3. The Morgan fingerprint density at radius 1 is 0.778 bits per heavy atom. The summed E-state index contributed by atoms with van der Waals surface area (Å²) in [7, 11) is -5.65. The Labute approximate surface area is 108 Å². The topological polar surface area (TPSA) is 92.3 Å². The van der Waals surface area contributed by atoms with E-state index in [9.17, 15) is 16.8 Å².